The summed E-state index contributed by atoms with van der Waals surface area (Å²) in [5.74, 6) is 1.03. The van der Waals surface area contributed by atoms with Crippen LogP contribution in [0.3, 0.4) is 0 Å². The number of nitrogens with one attached hydrogen (secondary N) is 1. The van der Waals surface area contributed by atoms with Crippen LogP contribution in [0.1, 0.15) is 39.3 Å². The summed E-state index contributed by atoms with van der Waals surface area (Å²) in [5.41, 5.74) is 1.01. The van der Waals surface area contributed by atoms with E-state index in [2.05, 4.69) is 58.2 Å². The van der Waals surface area contributed by atoms with Gasteiger partial charge in [-0.25, -0.2) is 0 Å². The fourth-order valence-electron chi connectivity index (χ4n) is 3.42. The van der Waals surface area contributed by atoms with Crippen molar-refractivity contribution in [3.05, 3.63) is 17.8 Å². The maximum atomic E-state index is 4.46. The van der Waals surface area contributed by atoms with Crippen LogP contribution in [0.2, 0.25) is 0 Å². The number of aromatic nitrogens is 2. The Labute approximate surface area is 127 Å². The van der Waals surface area contributed by atoms with Gasteiger partial charge in [0.1, 0.15) is 0 Å². The Morgan fingerprint density at radius 1 is 1.29 bits per heavy atom. The molecule has 2 saturated heterocycles. The molecule has 1 aromatic heterocycles. The molecular formula is C16H27N5. The van der Waals surface area contributed by atoms with Gasteiger partial charge in [0.05, 0.1) is 5.69 Å². The van der Waals surface area contributed by atoms with E-state index in [1.54, 1.807) is 0 Å². The van der Waals surface area contributed by atoms with Crippen LogP contribution in [0.25, 0.3) is 0 Å². The number of nitrogens with zero attached hydrogens (tertiary/aromatic N) is 4. The lowest BCUT2D eigenvalue weighted by molar-refractivity contribution is 0.202. The predicted molar refractivity (Wildman–Crippen MR) is 85.4 cm³/mol. The molecule has 0 amide bonds. The van der Waals surface area contributed by atoms with Gasteiger partial charge in [0, 0.05) is 37.8 Å². The van der Waals surface area contributed by atoms with Crippen LogP contribution in [0, 0.1) is 0 Å². The van der Waals surface area contributed by atoms with Gasteiger partial charge in [0.15, 0.2) is 5.82 Å². The van der Waals surface area contributed by atoms with Crippen molar-refractivity contribution < 1.29 is 0 Å². The zero-order valence-electron chi connectivity index (χ0n) is 13.4. The van der Waals surface area contributed by atoms with Crippen molar-refractivity contribution in [3.63, 3.8) is 0 Å². The minimum atomic E-state index is 0.474. The standard InChI is InChI=1S/C16H27N5/c1-12(2)17-9-14-6-7-16(19-18-14)21-11-15-5-4-8-20(15)10-13(21)3/h6-7,12-13,15,17H,4-5,8-11H2,1-3H3. The third-order valence-electron chi connectivity index (χ3n) is 4.63. The first-order valence-corrected chi connectivity index (χ1v) is 8.20. The zero-order valence-corrected chi connectivity index (χ0v) is 13.4. The van der Waals surface area contributed by atoms with Gasteiger partial charge in [0.2, 0.25) is 0 Å². The SMILES string of the molecule is CC(C)NCc1ccc(N2CC3CCCN3CC2C)nn1. The van der Waals surface area contributed by atoms with Gasteiger partial charge in [-0.15, -0.1) is 5.10 Å². The maximum absolute atomic E-state index is 4.46. The molecule has 2 aliphatic heterocycles. The summed E-state index contributed by atoms with van der Waals surface area (Å²) in [4.78, 5) is 5.06. The highest BCUT2D eigenvalue weighted by molar-refractivity contribution is 5.40. The van der Waals surface area contributed by atoms with Crippen molar-refractivity contribution >= 4 is 5.82 Å². The predicted octanol–water partition coefficient (Wildman–Crippen LogP) is 1.65. The highest BCUT2D eigenvalue weighted by Crippen LogP contribution is 2.27. The molecule has 0 aliphatic carbocycles. The van der Waals surface area contributed by atoms with E-state index in [0.717, 1.165) is 31.1 Å². The van der Waals surface area contributed by atoms with Crippen molar-refractivity contribution in [1.82, 2.24) is 20.4 Å². The van der Waals surface area contributed by atoms with Crippen molar-refractivity contribution in [2.24, 2.45) is 0 Å². The second-order valence-electron chi connectivity index (χ2n) is 6.71. The molecule has 2 atom stereocenters. The monoisotopic (exact) mass is 289 g/mol. The molecule has 116 valence electrons. The van der Waals surface area contributed by atoms with E-state index in [9.17, 15) is 0 Å². The highest BCUT2D eigenvalue weighted by atomic mass is 15.4. The van der Waals surface area contributed by atoms with Gasteiger partial charge in [-0.2, -0.15) is 5.10 Å². The average Bonchev–Trinajstić information content (AvgIpc) is 2.92. The number of hydrogen-bond acceptors (Lipinski definition) is 5. The molecule has 5 heteroatoms. The van der Waals surface area contributed by atoms with Gasteiger partial charge >= 0.3 is 0 Å². The largest absolute Gasteiger partial charge is 0.350 e. The van der Waals surface area contributed by atoms with Crippen LogP contribution >= 0.6 is 0 Å². The van der Waals surface area contributed by atoms with E-state index in [1.807, 2.05) is 0 Å². The number of piperazine rings is 1. The topological polar surface area (TPSA) is 44.3 Å². The molecule has 0 aromatic carbocycles. The Hall–Kier alpha value is -1.20. The lowest BCUT2D eigenvalue weighted by Crippen LogP contribution is -2.55. The average molecular weight is 289 g/mol. The van der Waals surface area contributed by atoms with Crippen molar-refractivity contribution in [3.8, 4) is 0 Å². The third kappa shape index (κ3) is 3.35. The molecule has 3 heterocycles. The van der Waals surface area contributed by atoms with E-state index in [1.165, 1.54) is 19.4 Å². The van der Waals surface area contributed by atoms with Crippen LogP contribution in [-0.4, -0.2) is 52.9 Å². The molecule has 3 rings (SSSR count). The first kappa shape index (κ1) is 14.7. The fraction of sp³-hybridized carbons (Fsp3) is 0.750. The molecule has 0 bridgehead atoms. The molecule has 2 aliphatic rings. The summed E-state index contributed by atoms with van der Waals surface area (Å²) in [6, 6.07) is 5.94. The fourth-order valence-corrected chi connectivity index (χ4v) is 3.42. The molecule has 2 fully saturated rings. The van der Waals surface area contributed by atoms with Crippen LogP contribution in [-0.2, 0) is 6.54 Å². The van der Waals surface area contributed by atoms with Gasteiger partial charge in [-0.3, -0.25) is 4.90 Å². The van der Waals surface area contributed by atoms with Crippen LogP contribution in [0.15, 0.2) is 12.1 Å². The van der Waals surface area contributed by atoms with Crippen molar-refractivity contribution in [1.29, 1.82) is 0 Å². The Bertz CT molecular complexity index is 458. The lowest BCUT2D eigenvalue weighted by atomic mass is 10.1. The molecule has 1 N–H and O–H groups in total. The van der Waals surface area contributed by atoms with E-state index < -0.39 is 0 Å². The van der Waals surface area contributed by atoms with E-state index in [-0.39, 0.29) is 0 Å². The van der Waals surface area contributed by atoms with Crippen molar-refractivity contribution in [2.75, 3.05) is 24.5 Å². The molecule has 5 nitrogen and oxygen atoms in total. The smallest absolute Gasteiger partial charge is 0.151 e. The first-order chi connectivity index (χ1) is 10.1. The Morgan fingerprint density at radius 2 is 2.14 bits per heavy atom. The number of rotatable bonds is 4. The molecule has 2 unspecified atom stereocenters. The molecule has 21 heavy (non-hydrogen) atoms. The quantitative estimate of drug-likeness (QED) is 0.913. The number of hydrogen-bond donors (Lipinski definition) is 1. The minimum absolute atomic E-state index is 0.474. The van der Waals surface area contributed by atoms with Crippen LogP contribution < -0.4 is 10.2 Å². The van der Waals surface area contributed by atoms with Gasteiger partial charge in [-0.1, -0.05) is 13.8 Å². The zero-order chi connectivity index (χ0) is 14.8. The summed E-state index contributed by atoms with van der Waals surface area (Å²) in [6.45, 7) is 10.9. The van der Waals surface area contributed by atoms with Gasteiger partial charge in [-0.05, 0) is 38.4 Å². The molecule has 1 aromatic rings. The number of fused-ring (bicyclic) bond motifs is 1. The van der Waals surface area contributed by atoms with Crippen LogP contribution in [0.5, 0.6) is 0 Å². The molecular weight excluding hydrogens is 262 g/mol. The second kappa shape index (κ2) is 6.28. The Morgan fingerprint density at radius 3 is 2.86 bits per heavy atom. The third-order valence-corrected chi connectivity index (χ3v) is 4.63. The first-order valence-electron chi connectivity index (χ1n) is 8.20. The lowest BCUT2D eigenvalue weighted by Gasteiger charge is -2.42. The molecule has 0 saturated carbocycles. The summed E-state index contributed by atoms with van der Waals surface area (Å²) < 4.78 is 0. The van der Waals surface area contributed by atoms with Crippen LogP contribution in [0.4, 0.5) is 5.82 Å². The Balaban J connectivity index is 1.65. The van der Waals surface area contributed by atoms with E-state index in [0.29, 0.717) is 18.1 Å². The summed E-state index contributed by atoms with van der Waals surface area (Å²) >= 11 is 0. The molecule has 0 spiro atoms. The summed E-state index contributed by atoms with van der Waals surface area (Å²) in [7, 11) is 0. The van der Waals surface area contributed by atoms with E-state index >= 15 is 0 Å². The minimum Gasteiger partial charge on any atom is -0.350 e. The maximum Gasteiger partial charge on any atom is 0.151 e. The second-order valence-corrected chi connectivity index (χ2v) is 6.71. The summed E-state index contributed by atoms with van der Waals surface area (Å²) in [5, 5.41) is 12.2. The van der Waals surface area contributed by atoms with E-state index in [4.69, 9.17) is 0 Å². The Kier molecular flexibility index (Phi) is 4.40. The highest BCUT2D eigenvalue weighted by Gasteiger charge is 2.34. The number of anilines is 1. The van der Waals surface area contributed by atoms with Gasteiger partial charge < -0.3 is 10.2 Å². The summed E-state index contributed by atoms with van der Waals surface area (Å²) in [6.07, 6.45) is 2.67. The van der Waals surface area contributed by atoms with Crippen molar-refractivity contribution in [2.45, 2.75) is 58.3 Å². The molecule has 0 radical (unpaired) electrons. The normalized spacial score (nSPS) is 26.4. The van der Waals surface area contributed by atoms with Gasteiger partial charge in [0.25, 0.3) is 0 Å².